The van der Waals surface area contributed by atoms with Gasteiger partial charge in [-0.2, -0.15) is 10.1 Å². The van der Waals surface area contributed by atoms with E-state index in [0.717, 1.165) is 43.1 Å². The first kappa shape index (κ1) is 17.0. The van der Waals surface area contributed by atoms with Gasteiger partial charge in [-0.05, 0) is 47.3 Å². The summed E-state index contributed by atoms with van der Waals surface area (Å²) >= 11 is 5.94. The first-order chi connectivity index (χ1) is 13.7. The number of fused-ring (bicyclic) bond motifs is 2. The minimum Gasteiger partial charge on any atom is -0.350 e. The van der Waals surface area contributed by atoms with Crippen molar-refractivity contribution in [2.24, 2.45) is 0 Å². The summed E-state index contributed by atoms with van der Waals surface area (Å²) < 4.78 is 1.03. The van der Waals surface area contributed by atoms with Gasteiger partial charge in [0.2, 0.25) is 5.95 Å². The van der Waals surface area contributed by atoms with Gasteiger partial charge in [0.1, 0.15) is 0 Å². The van der Waals surface area contributed by atoms with Crippen molar-refractivity contribution >= 4 is 62.5 Å². The number of aromatic nitrogens is 4. The van der Waals surface area contributed by atoms with Crippen LogP contribution < -0.4 is 10.6 Å². The molecule has 0 fully saturated rings. The fourth-order valence-corrected chi connectivity index (χ4v) is 3.90. The number of thiophene rings is 1. The Morgan fingerprint density at radius 3 is 2.82 bits per heavy atom. The molecular formula is C20H16N6S2. The van der Waals surface area contributed by atoms with Gasteiger partial charge in [0, 0.05) is 22.5 Å². The van der Waals surface area contributed by atoms with Crippen molar-refractivity contribution in [1.82, 2.24) is 20.2 Å². The normalized spacial score (nSPS) is 11.2. The van der Waals surface area contributed by atoms with Crippen LogP contribution in [0.5, 0.6) is 0 Å². The van der Waals surface area contributed by atoms with Crippen LogP contribution in [0.2, 0.25) is 0 Å². The summed E-state index contributed by atoms with van der Waals surface area (Å²) in [6.07, 6.45) is 1.81. The molecule has 6 nitrogen and oxygen atoms in total. The van der Waals surface area contributed by atoms with Crippen molar-refractivity contribution in [2.45, 2.75) is 11.4 Å². The molecule has 0 bridgehead atoms. The molecule has 0 aliphatic rings. The second-order valence-corrected chi connectivity index (χ2v) is 7.78. The molecule has 0 unspecified atom stereocenters. The zero-order chi connectivity index (χ0) is 18.9. The van der Waals surface area contributed by atoms with E-state index < -0.39 is 0 Å². The summed E-state index contributed by atoms with van der Waals surface area (Å²) in [5.74, 6) is 1.38. The van der Waals surface area contributed by atoms with Crippen LogP contribution in [0.3, 0.4) is 0 Å². The lowest BCUT2D eigenvalue weighted by Gasteiger charge is -2.10. The summed E-state index contributed by atoms with van der Waals surface area (Å²) in [6, 6.07) is 16.1. The summed E-state index contributed by atoms with van der Waals surface area (Å²) in [4.78, 5) is 10.3. The topological polar surface area (TPSA) is 78.5 Å². The third kappa shape index (κ3) is 3.39. The number of benzene rings is 2. The largest absolute Gasteiger partial charge is 0.350 e. The number of H-pyrrole nitrogens is 1. The molecule has 0 saturated heterocycles. The van der Waals surface area contributed by atoms with Crippen molar-refractivity contribution in [3.05, 3.63) is 65.7 Å². The van der Waals surface area contributed by atoms with E-state index in [1.54, 1.807) is 11.3 Å². The lowest BCUT2D eigenvalue weighted by atomic mass is 10.2. The van der Waals surface area contributed by atoms with Crippen LogP contribution in [0.1, 0.15) is 5.56 Å². The van der Waals surface area contributed by atoms with E-state index >= 15 is 0 Å². The maximum absolute atomic E-state index is 4.71. The number of aromatic amines is 1. The Morgan fingerprint density at radius 2 is 1.93 bits per heavy atom. The number of nitrogens with zero attached hydrogens (tertiary/aromatic N) is 3. The van der Waals surface area contributed by atoms with E-state index in [1.165, 1.54) is 0 Å². The highest BCUT2D eigenvalue weighted by Gasteiger charge is 2.10. The lowest BCUT2D eigenvalue weighted by molar-refractivity contribution is 1.07. The summed E-state index contributed by atoms with van der Waals surface area (Å²) in [5, 5.41) is 16.9. The molecule has 8 heteroatoms. The quantitative estimate of drug-likeness (QED) is 0.302. The van der Waals surface area contributed by atoms with Crippen molar-refractivity contribution in [1.29, 1.82) is 0 Å². The molecule has 2 aromatic carbocycles. The Bertz CT molecular complexity index is 1260. The van der Waals surface area contributed by atoms with Crippen molar-refractivity contribution in [3.8, 4) is 0 Å². The number of anilines is 3. The van der Waals surface area contributed by atoms with E-state index in [4.69, 9.17) is 4.98 Å². The average Bonchev–Trinajstić information content (AvgIpc) is 3.36. The van der Waals surface area contributed by atoms with Crippen molar-refractivity contribution < 1.29 is 0 Å². The van der Waals surface area contributed by atoms with Gasteiger partial charge in [0.05, 0.1) is 21.9 Å². The van der Waals surface area contributed by atoms with Crippen LogP contribution in [0, 0.1) is 0 Å². The van der Waals surface area contributed by atoms with E-state index in [2.05, 4.69) is 38.4 Å². The van der Waals surface area contributed by atoms with Gasteiger partial charge in [0.15, 0.2) is 5.82 Å². The van der Waals surface area contributed by atoms with E-state index in [9.17, 15) is 0 Å². The van der Waals surface area contributed by atoms with Crippen molar-refractivity contribution in [3.63, 3.8) is 0 Å². The Labute approximate surface area is 170 Å². The van der Waals surface area contributed by atoms with Gasteiger partial charge >= 0.3 is 0 Å². The Morgan fingerprint density at radius 1 is 1.04 bits per heavy atom. The van der Waals surface area contributed by atoms with Gasteiger partial charge < -0.3 is 10.6 Å². The zero-order valence-electron chi connectivity index (χ0n) is 14.7. The van der Waals surface area contributed by atoms with Crippen LogP contribution in [-0.4, -0.2) is 20.2 Å². The van der Waals surface area contributed by atoms with E-state index in [-0.39, 0.29) is 0 Å². The van der Waals surface area contributed by atoms with E-state index in [1.807, 2.05) is 60.1 Å². The number of thiol groups is 1. The molecule has 0 amide bonds. The van der Waals surface area contributed by atoms with Crippen LogP contribution in [0.25, 0.3) is 21.1 Å². The molecule has 0 radical (unpaired) electrons. The molecule has 0 atom stereocenters. The molecule has 3 N–H and O–H groups in total. The molecule has 28 heavy (non-hydrogen) atoms. The molecule has 0 saturated carbocycles. The van der Waals surface area contributed by atoms with Gasteiger partial charge in [-0.1, -0.05) is 12.1 Å². The molecule has 5 rings (SSSR count). The fraction of sp³-hybridized carbons (Fsp3) is 0.0500. The smallest absolute Gasteiger partial charge is 0.225 e. The number of nitrogens with one attached hydrogen (secondary N) is 3. The zero-order valence-corrected chi connectivity index (χ0v) is 16.4. The predicted octanol–water partition coefficient (Wildman–Crippen LogP) is 5.21. The molecule has 3 heterocycles. The number of rotatable bonds is 5. The highest BCUT2D eigenvalue weighted by Crippen LogP contribution is 2.30. The second kappa shape index (κ2) is 7.14. The summed E-state index contributed by atoms with van der Waals surface area (Å²) in [7, 11) is 0. The van der Waals surface area contributed by atoms with Crippen molar-refractivity contribution in [2.75, 3.05) is 10.6 Å². The highest BCUT2D eigenvalue weighted by molar-refractivity contribution is 7.80. The average molecular weight is 405 g/mol. The highest BCUT2D eigenvalue weighted by atomic mass is 32.1. The Kier molecular flexibility index (Phi) is 4.34. The Hall–Kier alpha value is -3.10. The van der Waals surface area contributed by atoms with Crippen LogP contribution in [0.4, 0.5) is 17.5 Å². The summed E-state index contributed by atoms with van der Waals surface area (Å²) in [5.41, 5.74) is 4.02. The minimum atomic E-state index is 0.590. The monoisotopic (exact) mass is 404 g/mol. The van der Waals surface area contributed by atoms with Crippen LogP contribution in [0.15, 0.2) is 65.0 Å². The molecule has 0 aliphatic heterocycles. The lowest BCUT2D eigenvalue weighted by Crippen LogP contribution is -2.05. The van der Waals surface area contributed by atoms with Gasteiger partial charge in [-0.3, -0.25) is 5.10 Å². The first-order valence-corrected chi connectivity index (χ1v) is 10.0. The van der Waals surface area contributed by atoms with Crippen LogP contribution >= 0.6 is 24.0 Å². The molecule has 138 valence electrons. The number of hydrogen-bond acceptors (Lipinski definition) is 7. The van der Waals surface area contributed by atoms with Crippen LogP contribution in [-0.2, 0) is 6.54 Å². The number of hydrogen-bond donors (Lipinski definition) is 4. The first-order valence-electron chi connectivity index (χ1n) is 8.72. The third-order valence-corrected chi connectivity index (χ3v) is 5.60. The maximum atomic E-state index is 4.71. The Balaban J connectivity index is 1.44. The van der Waals surface area contributed by atoms with Gasteiger partial charge in [-0.15, -0.1) is 24.0 Å². The molecule has 3 aromatic heterocycles. The summed E-state index contributed by atoms with van der Waals surface area (Å²) in [6.45, 7) is 0.643. The predicted molar refractivity (Wildman–Crippen MR) is 118 cm³/mol. The SMILES string of the molecule is Sc1ccc(CNc2nc(Nc3ccc4[nH]ncc4c3)c3sccc3n2)cc1. The maximum Gasteiger partial charge on any atom is 0.225 e. The molecule has 0 spiro atoms. The molecule has 0 aliphatic carbocycles. The standard InChI is InChI=1S/C20H16N6S2/c27-15-4-1-12(2-5-15)10-21-20-24-17-7-8-28-18(17)19(25-20)23-14-3-6-16-13(9-14)11-22-26-16/h1-9,11,27H,10H2,(H,22,26)(H2,21,23,24,25). The van der Waals surface area contributed by atoms with Gasteiger partial charge in [-0.25, -0.2) is 4.98 Å². The minimum absolute atomic E-state index is 0.590. The molecule has 5 aromatic rings. The second-order valence-electron chi connectivity index (χ2n) is 6.35. The van der Waals surface area contributed by atoms with Gasteiger partial charge in [0.25, 0.3) is 0 Å². The fourth-order valence-electron chi connectivity index (χ4n) is 2.98. The molecular weight excluding hydrogens is 388 g/mol. The third-order valence-electron chi connectivity index (χ3n) is 4.39. The van der Waals surface area contributed by atoms with E-state index in [0.29, 0.717) is 12.5 Å².